The van der Waals surface area contributed by atoms with Crippen molar-refractivity contribution in [1.29, 1.82) is 0 Å². The Labute approximate surface area is 155 Å². The fraction of sp³-hybridized carbons (Fsp3) is 0.125. The van der Waals surface area contributed by atoms with Crippen molar-refractivity contribution in [2.75, 3.05) is 20.1 Å². The van der Waals surface area contributed by atoms with Crippen molar-refractivity contribution in [3.8, 4) is 0 Å². The number of carbonyl (C=O) groups is 1. The van der Waals surface area contributed by atoms with Gasteiger partial charge >= 0.3 is 0 Å². The summed E-state index contributed by atoms with van der Waals surface area (Å²) in [7, 11) is 2.04. The van der Waals surface area contributed by atoms with E-state index in [4.69, 9.17) is 0 Å². The van der Waals surface area contributed by atoms with Crippen molar-refractivity contribution < 1.29 is 4.79 Å². The first-order chi connectivity index (χ1) is 12.7. The third-order valence-corrected chi connectivity index (χ3v) is 4.24. The second-order valence-corrected chi connectivity index (χ2v) is 6.42. The largest absolute Gasteiger partial charge is 0.298 e. The van der Waals surface area contributed by atoms with Crippen LogP contribution in [0.1, 0.15) is 11.1 Å². The standard InChI is InChI=1S/C24H23NO/c1-25-18-22(16-8-14-20-10-4-2-5-11-20)24(26)23(19-25)17-9-15-21-12-6-3-7-13-21/h2-17H,18-19H2,1H3/b14-8-,15-9-,22-16-,23-17+. The summed E-state index contributed by atoms with van der Waals surface area (Å²) in [6, 6.07) is 20.2. The monoisotopic (exact) mass is 341 g/mol. The summed E-state index contributed by atoms with van der Waals surface area (Å²) < 4.78 is 0. The first-order valence-corrected chi connectivity index (χ1v) is 8.80. The molecule has 0 saturated carbocycles. The number of hydrogen-bond donors (Lipinski definition) is 0. The van der Waals surface area contributed by atoms with Crippen LogP contribution in [-0.4, -0.2) is 30.8 Å². The quantitative estimate of drug-likeness (QED) is 0.746. The molecule has 2 aromatic carbocycles. The van der Waals surface area contributed by atoms with Crippen LogP contribution in [0.4, 0.5) is 0 Å². The van der Waals surface area contributed by atoms with Crippen molar-refractivity contribution >= 4 is 17.9 Å². The predicted molar refractivity (Wildman–Crippen MR) is 110 cm³/mol. The Morgan fingerprint density at radius 3 is 1.58 bits per heavy atom. The first-order valence-electron chi connectivity index (χ1n) is 8.80. The van der Waals surface area contributed by atoms with E-state index in [2.05, 4.69) is 4.90 Å². The van der Waals surface area contributed by atoms with Crippen LogP contribution in [0.15, 0.2) is 96.1 Å². The van der Waals surface area contributed by atoms with Crippen LogP contribution in [0.25, 0.3) is 12.2 Å². The van der Waals surface area contributed by atoms with E-state index in [0.29, 0.717) is 13.1 Å². The molecule has 0 bridgehead atoms. The van der Waals surface area contributed by atoms with Gasteiger partial charge in [0.2, 0.25) is 0 Å². The highest BCUT2D eigenvalue weighted by Gasteiger charge is 2.22. The number of hydrogen-bond acceptors (Lipinski definition) is 2. The van der Waals surface area contributed by atoms with Gasteiger partial charge in [0.25, 0.3) is 0 Å². The average Bonchev–Trinajstić information content (AvgIpc) is 2.67. The molecule has 0 unspecified atom stereocenters. The third kappa shape index (κ3) is 5.01. The molecule has 0 radical (unpaired) electrons. The molecule has 0 amide bonds. The normalized spacial score (nSPS) is 19.2. The maximum Gasteiger partial charge on any atom is 0.187 e. The Balaban J connectivity index is 1.73. The van der Waals surface area contributed by atoms with Gasteiger partial charge in [-0.2, -0.15) is 0 Å². The SMILES string of the molecule is CN1C/C(=C/C=C\c2ccccc2)C(=O)/C(=C/C=C\c2ccccc2)C1. The highest BCUT2D eigenvalue weighted by atomic mass is 16.1. The summed E-state index contributed by atoms with van der Waals surface area (Å²) in [6.07, 6.45) is 11.8. The number of rotatable bonds is 4. The van der Waals surface area contributed by atoms with Crippen molar-refractivity contribution in [1.82, 2.24) is 4.90 Å². The molecule has 2 heteroatoms. The molecule has 1 aliphatic rings. The summed E-state index contributed by atoms with van der Waals surface area (Å²) in [5.41, 5.74) is 3.90. The van der Waals surface area contributed by atoms with E-state index in [1.165, 1.54) is 0 Å². The average molecular weight is 341 g/mol. The molecule has 0 aromatic heterocycles. The van der Waals surface area contributed by atoms with E-state index < -0.39 is 0 Å². The van der Waals surface area contributed by atoms with Gasteiger partial charge in [-0.1, -0.05) is 97.1 Å². The zero-order chi connectivity index (χ0) is 18.2. The number of likely N-dealkylation sites (tertiary alicyclic amines) is 1. The molecule has 3 rings (SSSR count). The zero-order valence-electron chi connectivity index (χ0n) is 15.0. The lowest BCUT2D eigenvalue weighted by atomic mass is 9.97. The molecule has 2 aromatic rings. The van der Waals surface area contributed by atoms with Gasteiger partial charge < -0.3 is 0 Å². The lowest BCUT2D eigenvalue weighted by molar-refractivity contribution is -0.113. The van der Waals surface area contributed by atoms with Crippen molar-refractivity contribution in [2.24, 2.45) is 0 Å². The van der Waals surface area contributed by atoms with Gasteiger partial charge in [0.05, 0.1) is 0 Å². The minimum Gasteiger partial charge on any atom is -0.298 e. The molecule has 2 nitrogen and oxygen atoms in total. The van der Waals surface area contributed by atoms with Gasteiger partial charge in [0.15, 0.2) is 5.78 Å². The van der Waals surface area contributed by atoms with Crippen LogP contribution in [0.2, 0.25) is 0 Å². The summed E-state index contributed by atoms with van der Waals surface area (Å²) in [5.74, 6) is 0.138. The first kappa shape index (κ1) is 17.8. The van der Waals surface area contributed by atoms with Crippen LogP contribution in [0, 0.1) is 0 Å². The van der Waals surface area contributed by atoms with Crippen LogP contribution >= 0.6 is 0 Å². The Kier molecular flexibility index (Phi) is 6.13. The third-order valence-electron chi connectivity index (χ3n) is 4.24. The number of Topliss-reactive ketones (excluding diaryl/α,β-unsaturated/α-hetero) is 1. The van der Waals surface area contributed by atoms with E-state index in [-0.39, 0.29) is 5.78 Å². The zero-order valence-corrected chi connectivity index (χ0v) is 15.0. The van der Waals surface area contributed by atoms with Crippen LogP contribution < -0.4 is 0 Å². The smallest absolute Gasteiger partial charge is 0.187 e. The molecule has 0 N–H and O–H groups in total. The summed E-state index contributed by atoms with van der Waals surface area (Å²) in [6.45, 7) is 1.36. The molecule has 1 aliphatic heterocycles. The fourth-order valence-electron chi connectivity index (χ4n) is 2.92. The molecule has 26 heavy (non-hydrogen) atoms. The minimum atomic E-state index is 0.138. The topological polar surface area (TPSA) is 20.3 Å². The predicted octanol–water partition coefficient (Wildman–Crippen LogP) is 4.78. The summed E-state index contributed by atoms with van der Waals surface area (Å²) in [4.78, 5) is 14.9. The van der Waals surface area contributed by atoms with Gasteiger partial charge in [-0.15, -0.1) is 0 Å². The van der Waals surface area contributed by atoms with Crippen molar-refractivity contribution in [2.45, 2.75) is 0 Å². The van der Waals surface area contributed by atoms with Crippen LogP contribution in [-0.2, 0) is 4.79 Å². The maximum absolute atomic E-state index is 12.7. The number of allylic oxidation sites excluding steroid dienone is 4. The van der Waals surface area contributed by atoms with Gasteiger partial charge in [0, 0.05) is 24.2 Å². The molecule has 0 spiro atoms. The number of benzene rings is 2. The lowest BCUT2D eigenvalue weighted by Crippen LogP contribution is -2.34. The number of nitrogens with zero attached hydrogens (tertiary/aromatic N) is 1. The number of carbonyl (C=O) groups excluding carboxylic acids is 1. The van der Waals surface area contributed by atoms with E-state index in [1.54, 1.807) is 0 Å². The van der Waals surface area contributed by atoms with E-state index in [9.17, 15) is 4.79 Å². The number of likely N-dealkylation sites (N-methyl/N-ethyl adjacent to an activating group) is 1. The Bertz CT molecular complexity index is 786. The summed E-state index contributed by atoms with van der Waals surface area (Å²) >= 11 is 0. The number of ketones is 1. The molecule has 1 saturated heterocycles. The maximum atomic E-state index is 12.7. The van der Waals surface area contributed by atoms with Crippen molar-refractivity contribution in [3.63, 3.8) is 0 Å². The summed E-state index contributed by atoms with van der Waals surface area (Å²) in [5, 5.41) is 0. The Hall–Kier alpha value is -2.97. The van der Waals surface area contributed by atoms with Gasteiger partial charge in [-0.25, -0.2) is 0 Å². The van der Waals surface area contributed by atoms with Crippen molar-refractivity contribution in [3.05, 3.63) is 107 Å². The van der Waals surface area contributed by atoms with E-state index in [0.717, 1.165) is 22.3 Å². The fourth-order valence-corrected chi connectivity index (χ4v) is 2.92. The molecular weight excluding hydrogens is 318 g/mol. The molecule has 0 atom stereocenters. The highest BCUT2D eigenvalue weighted by Crippen LogP contribution is 2.17. The lowest BCUT2D eigenvalue weighted by Gasteiger charge is -2.25. The second kappa shape index (κ2) is 8.93. The molecule has 1 fully saturated rings. The molecular formula is C24H23NO. The van der Waals surface area contributed by atoms with Crippen LogP contribution in [0.5, 0.6) is 0 Å². The second-order valence-electron chi connectivity index (χ2n) is 6.42. The van der Waals surface area contributed by atoms with Crippen LogP contribution in [0.3, 0.4) is 0 Å². The van der Waals surface area contributed by atoms with Gasteiger partial charge in [-0.05, 0) is 18.2 Å². The number of piperidine rings is 1. The highest BCUT2D eigenvalue weighted by molar-refractivity contribution is 6.10. The molecule has 130 valence electrons. The minimum absolute atomic E-state index is 0.138. The Morgan fingerprint density at radius 1 is 0.731 bits per heavy atom. The Morgan fingerprint density at radius 2 is 1.15 bits per heavy atom. The van der Waals surface area contributed by atoms with Gasteiger partial charge in [-0.3, -0.25) is 9.69 Å². The van der Waals surface area contributed by atoms with E-state index >= 15 is 0 Å². The van der Waals surface area contributed by atoms with E-state index in [1.807, 2.05) is 104 Å². The molecule has 1 heterocycles. The molecule has 0 aliphatic carbocycles. The van der Waals surface area contributed by atoms with Gasteiger partial charge in [0.1, 0.15) is 0 Å².